The van der Waals surface area contributed by atoms with E-state index in [9.17, 15) is 4.79 Å². The largest absolute Gasteiger partial charge is 0.496 e. The Bertz CT molecular complexity index is 447. The van der Waals surface area contributed by atoms with E-state index in [0.717, 1.165) is 6.42 Å². The van der Waals surface area contributed by atoms with E-state index in [1.807, 2.05) is 0 Å². The lowest BCUT2D eigenvalue weighted by molar-refractivity contribution is 0.0933. The van der Waals surface area contributed by atoms with Crippen LogP contribution in [-0.2, 0) is 0 Å². The molecule has 0 fully saturated rings. The number of hydrogen-bond acceptors (Lipinski definition) is 2. The normalized spacial score (nSPS) is 11.2. The summed E-state index contributed by atoms with van der Waals surface area (Å²) in [6.45, 7) is 4.69. The first-order valence-corrected chi connectivity index (χ1v) is 6.98. The number of hydrogen-bond donors (Lipinski definition) is 1. The van der Waals surface area contributed by atoms with E-state index >= 15 is 0 Å². The molecule has 1 amide bonds. The van der Waals surface area contributed by atoms with Gasteiger partial charge in [-0.2, -0.15) is 0 Å². The van der Waals surface area contributed by atoms with Gasteiger partial charge in [0.1, 0.15) is 5.75 Å². The highest BCUT2D eigenvalue weighted by molar-refractivity contribution is 6.30. The number of carbonyl (C=O) groups is 1. The Balaban J connectivity index is 2.74. The number of rotatable bonds is 6. The first-order chi connectivity index (χ1) is 8.89. The van der Waals surface area contributed by atoms with Crippen LogP contribution in [-0.4, -0.2) is 25.4 Å². The van der Waals surface area contributed by atoms with Gasteiger partial charge in [0, 0.05) is 17.4 Å². The standard InChI is InChI=1S/C14H19Cl2NO2/c1-14(2,6-7-15)9-17-13(18)11-5-4-10(16)8-12(11)19-3/h4-5,8H,6-7,9H2,1-3H3,(H,17,18). The van der Waals surface area contributed by atoms with E-state index in [1.165, 1.54) is 7.11 Å². The van der Waals surface area contributed by atoms with Crippen LogP contribution < -0.4 is 10.1 Å². The Morgan fingerprint density at radius 1 is 1.42 bits per heavy atom. The Morgan fingerprint density at radius 2 is 2.11 bits per heavy atom. The monoisotopic (exact) mass is 303 g/mol. The number of alkyl halides is 1. The van der Waals surface area contributed by atoms with Crippen LogP contribution in [0.2, 0.25) is 5.02 Å². The summed E-state index contributed by atoms with van der Waals surface area (Å²) in [4.78, 5) is 12.1. The van der Waals surface area contributed by atoms with Crippen molar-refractivity contribution in [2.75, 3.05) is 19.5 Å². The number of methoxy groups -OCH3 is 1. The van der Waals surface area contributed by atoms with Gasteiger partial charge in [-0.15, -0.1) is 11.6 Å². The molecule has 0 spiro atoms. The topological polar surface area (TPSA) is 38.3 Å². The third-order valence-electron chi connectivity index (χ3n) is 2.91. The highest BCUT2D eigenvalue weighted by Gasteiger charge is 2.20. The van der Waals surface area contributed by atoms with Crippen molar-refractivity contribution in [1.29, 1.82) is 0 Å². The van der Waals surface area contributed by atoms with Crippen molar-refractivity contribution >= 4 is 29.1 Å². The molecule has 0 aliphatic rings. The maximum atomic E-state index is 12.1. The first-order valence-electron chi connectivity index (χ1n) is 6.07. The number of nitrogens with one attached hydrogen (secondary N) is 1. The van der Waals surface area contributed by atoms with Gasteiger partial charge in [-0.3, -0.25) is 4.79 Å². The van der Waals surface area contributed by atoms with Crippen LogP contribution in [0.1, 0.15) is 30.6 Å². The summed E-state index contributed by atoms with van der Waals surface area (Å²) in [7, 11) is 1.51. The van der Waals surface area contributed by atoms with E-state index in [2.05, 4.69) is 19.2 Å². The van der Waals surface area contributed by atoms with Crippen LogP contribution in [0.15, 0.2) is 18.2 Å². The molecular formula is C14H19Cl2NO2. The van der Waals surface area contributed by atoms with Crippen LogP contribution >= 0.6 is 23.2 Å². The summed E-state index contributed by atoms with van der Waals surface area (Å²) in [5, 5.41) is 3.44. The molecule has 0 heterocycles. The maximum absolute atomic E-state index is 12.1. The second-order valence-electron chi connectivity index (χ2n) is 5.13. The fourth-order valence-electron chi connectivity index (χ4n) is 1.61. The highest BCUT2D eigenvalue weighted by Crippen LogP contribution is 2.24. The molecule has 1 aromatic rings. The highest BCUT2D eigenvalue weighted by atomic mass is 35.5. The smallest absolute Gasteiger partial charge is 0.255 e. The lowest BCUT2D eigenvalue weighted by Crippen LogP contribution is -2.34. The van der Waals surface area contributed by atoms with Crippen LogP contribution in [0.3, 0.4) is 0 Å². The Labute approximate surface area is 124 Å². The summed E-state index contributed by atoms with van der Waals surface area (Å²) in [5.41, 5.74) is 0.449. The number of benzene rings is 1. The Morgan fingerprint density at radius 3 is 2.68 bits per heavy atom. The van der Waals surface area contributed by atoms with Gasteiger partial charge < -0.3 is 10.1 Å². The third kappa shape index (κ3) is 4.92. The van der Waals surface area contributed by atoms with Crippen LogP contribution in [0.25, 0.3) is 0 Å². The molecule has 19 heavy (non-hydrogen) atoms. The molecule has 106 valence electrons. The van der Waals surface area contributed by atoms with Gasteiger partial charge >= 0.3 is 0 Å². The molecule has 0 aromatic heterocycles. The molecule has 0 radical (unpaired) electrons. The molecule has 3 nitrogen and oxygen atoms in total. The summed E-state index contributed by atoms with van der Waals surface area (Å²) in [6, 6.07) is 4.95. The summed E-state index contributed by atoms with van der Waals surface area (Å²) in [6.07, 6.45) is 0.840. The van der Waals surface area contributed by atoms with Gasteiger partial charge in [0.05, 0.1) is 12.7 Å². The molecule has 0 bridgehead atoms. The Kier molecular flexibility index (Phi) is 5.95. The number of amides is 1. The molecule has 1 N–H and O–H groups in total. The number of carbonyl (C=O) groups excluding carboxylic acids is 1. The van der Waals surface area contributed by atoms with Crippen molar-refractivity contribution < 1.29 is 9.53 Å². The van der Waals surface area contributed by atoms with Crippen molar-refractivity contribution in [1.82, 2.24) is 5.32 Å². The predicted octanol–water partition coefficient (Wildman–Crippen LogP) is 3.73. The Hall–Kier alpha value is -0.930. The van der Waals surface area contributed by atoms with Crippen LogP contribution in [0.4, 0.5) is 0 Å². The first kappa shape index (κ1) is 16.1. The minimum Gasteiger partial charge on any atom is -0.496 e. The van der Waals surface area contributed by atoms with E-state index in [-0.39, 0.29) is 11.3 Å². The molecule has 0 aliphatic heterocycles. The van der Waals surface area contributed by atoms with Gasteiger partial charge in [-0.05, 0) is 30.0 Å². The van der Waals surface area contributed by atoms with Crippen LogP contribution in [0, 0.1) is 5.41 Å². The van der Waals surface area contributed by atoms with Crippen molar-refractivity contribution in [3.63, 3.8) is 0 Å². The minimum absolute atomic E-state index is 0.0307. The predicted molar refractivity (Wildman–Crippen MR) is 79.5 cm³/mol. The fourth-order valence-corrected chi connectivity index (χ4v) is 2.29. The van der Waals surface area contributed by atoms with Gasteiger partial charge in [-0.1, -0.05) is 25.4 Å². The van der Waals surface area contributed by atoms with Gasteiger partial charge in [0.2, 0.25) is 0 Å². The molecule has 1 rings (SSSR count). The van der Waals surface area contributed by atoms with Crippen LogP contribution in [0.5, 0.6) is 5.75 Å². The molecular weight excluding hydrogens is 285 g/mol. The average molecular weight is 304 g/mol. The van der Waals surface area contributed by atoms with Crippen molar-refractivity contribution in [2.45, 2.75) is 20.3 Å². The van der Waals surface area contributed by atoms with Crippen molar-refractivity contribution in [3.8, 4) is 5.75 Å². The zero-order valence-electron chi connectivity index (χ0n) is 11.4. The lowest BCUT2D eigenvalue weighted by atomic mass is 9.90. The molecule has 1 aromatic carbocycles. The number of ether oxygens (including phenoxy) is 1. The van der Waals surface area contributed by atoms with Gasteiger partial charge in [-0.25, -0.2) is 0 Å². The summed E-state index contributed by atoms with van der Waals surface area (Å²) >= 11 is 11.6. The lowest BCUT2D eigenvalue weighted by Gasteiger charge is -2.24. The van der Waals surface area contributed by atoms with E-state index in [0.29, 0.717) is 28.8 Å². The second kappa shape index (κ2) is 7.01. The maximum Gasteiger partial charge on any atom is 0.255 e. The summed E-state index contributed by atoms with van der Waals surface area (Å²) in [5.74, 6) is 0.879. The van der Waals surface area contributed by atoms with E-state index in [4.69, 9.17) is 27.9 Å². The van der Waals surface area contributed by atoms with Crippen molar-refractivity contribution in [3.05, 3.63) is 28.8 Å². The van der Waals surface area contributed by atoms with E-state index in [1.54, 1.807) is 18.2 Å². The van der Waals surface area contributed by atoms with Crippen molar-refractivity contribution in [2.24, 2.45) is 5.41 Å². The summed E-state index contributed by atoms with van der Waals surface area (Å²) < 4.78 is 5.16. The van der Waals surface area contributed by atoms with E-state index < -0.39 is 0 Å². The molecule has 0 saturated heterocycles. The average Bonchev–Trinajstić information content (AvgIpc) is 2.35. The quantitative estimate of drug-likeness (QED) is 0.813. The zero-order valence-corrected chi connectivity index (χ0v) is 12.9. The fraction of sp³-hybridized carbons (Fsp3) is 0.500. The molecule has 5 heteroatoms. The van der Waals surface area contributed by atoms with Gasteiger partial charge in [0.15, 0.2) is 0 Å². The number of halogens is 2. The van der Waals surface area contributed by atoms with Gasteiger partial charge in [0.25, 0.3) is 5.91 Å². The SMILES string of the molecule is COc1cc(Cl)ccc1C(=O)NCC(C)(C)CCCl. The third-order valence-corrected chi connectivity index (χ3v) is 3.33. The zero-order chi connectivity index (χ0) is 14.5. The molecule has 0 atom stereocenters. The molecule has 0 saturated carbocycles. The molecule has 0 aliphatic carbocycles. The second-order valence-corrected chi connectivity index (χ2v) is 5.94. The molecule has 0 unspecified atom stereocenters. The minimum atomic E-state index is -0.170.